The summed E-state index contributed by atoms with van der Waals surface area (Å²) < 4.78 is 17.7. The number of halogens is 1. The molecule has 4 nitrogen and oxygen atoms in total. The van der Waals surface area contributed by atoms with Gasteiger partial charge in [0.2, 0.25) is 0 Å². The van der Waals surface area contributed by atoms with Gasteiger partial charge in [-0.15, -0.1) is 0 Å². The topological polar surface area (TPSA) is 44.8 Å². The summed E-state index contributed by atoms with van der Waals surface area (Å²) in [5.74, 6) is 1.53. The van der Waals surface area contributed by atoms with Crippen LogP contribution < -0.4 is 14.2 Å². The molecule has 1 atom stereocenters. The number of alkyl halides is 1. The first-order valence-electron chi connectivity index (χ1n) is 9.03. The minimum absolute atomic E-state index is 0.0315. The number of Topliss-reactive ketones (excluding diaryl/α,β-unsaturated/α-hetero) is 1. The lowest BCUT2D eigenvalue weighted by molar-refractivity contribution is 0.0941. The summed E-state index contributed by atoms with van der Waals surface area (Å²) >= 11 is 3.37. The smallest absolute Gasteiger partial charge is 0.183 e. The van der Waals surface area contributed by atoms with E-state index in [9.17, 15) is 4.79 Å². The van der Waals surface area contributed by atoms with E-state index >= 15 is 0 Å². The SMILES string of the molecule is O=C1c2cc(OCc3ccccc3)cc(OCc3ccccc3)c2OCC1Br. The van der Waals surface area contributed by atoms with Gasteiger partial charge in [0.15, 0.2) is 17.3 Å². The number of hydrogen-bond acceptors (Lipinski definition) is 4. The Morgan fingerprint density at radius 1 is 0.893 bits per heavy atom. The van der Waals surface area contributed by atoms with Crippen molar-refractivity contribution < 1.29 is 19.0 Å². The average Bonchev–Trinajstić information content (AvgIpc) is 2.75. The van der Waals surface area contributed by atoms with Crippen molar-refractivity contribution in [2.75, 3.05) is 6.61 Å². The van der Waals surface area contributed by atoms with Crippen LogP contribution in [0.25, 0.3) is 0 Å². The second-order valence-electron chi connectivity index (χ2n) is 6.49. The standard InChI is InChI=1S/C23H19BrO4/c24-20-15-28-23-19(22(20)25)11-18(26-13-16-7-3-1-4-8-16)12-21(23)27-14-17-9-5-2-6-10-17/h1-12,20H,13-15H2. The highest BCUT2D eigenvalue weighted by Gasteiger charge is 2.30. The van der Waals surface area contributed by atoms with Gasteiger partial charge in [0.25, 0.3) is 0 Å². The first kappa shape index (κ1) is 18.6. The van der Waals surface area contributed by atoms with Crippen LogP contribution in [-0.2, 0) is 13.2 Å². The van der Waals surface area contributed by atoms with Crippen molar-refractivity contribution >= 4 is 21.7 Å². The van der Waals surface area contributed by atoms with Gasteiger partial charge in [-0.05, 0) is 17.2 Å². The predicted molar refractivity (Wildman–Crippen MR) is 111 cm³/mol. The lowest BCUT2D eigenvalue weighted by atomic mass is 10.0. The molecule has 0 bridgehead atoms. The molecule has 3 aromatic rings. The van der Waals surface area contributed by atoms with Crippen molar-refractivity contribution in [3.8, 4) is 17.2 Å². The fraction of sp³-hybridized carbons (Fsp3) is 0.174. The first-order chi connectivity index (χ1) is 13.7. The molecule has 0 aromatic heterocycles. The predicted octanol–water partition coefficient (Wildman–Crippen LogP) is 5.18. The van der Waals surface area contributed by atoms with Crippen molar-refractivity contribution in [2.45, 2.75) is 18.0 Å². The minimum Gasteiger partial charge on any atom is -0.489 e. The Morgan fingerprint density at radius 3 is 2.14 bits per heavy atom. The molecule has 0 aliphatic carbocycles. The summed E-state index contributed by atoms with van der Waals surface area (Å²) in [6.07, 6.45) is 0. The lowest BCUT2D eigenvalue weighted by Gasteiger charge is -2.24. The van der Waals surface area contributed by atoms with Crippen LogP contribution in [0.1, 0.15) is 21.5 Å². The van der Waals surface area contributed by atoms with Crippen LogP contribution in [0.15, 0.2) is 72.8 Å². The molecule has 142 valence electrons. The molecule has 28 heavy (non-hydrogen) atoms. The summed E-state index contributed by atoms with van der Waals surface area (Å²) in [5.41, 5.74) is 2.56. The lowest BCUT2D eigenvalue weighted by Crippen LogP contribution is -2.28. The third-order valence-corrected chi connectivity index (χ3v) is 5.12. The maximum absolute atomic E-state index is 12.6. The molecule has 4 rings (SSSR count). The quantitative estimate of drug-likeness (QED) is 0.497. The van der Waals surface area contributed by atoms with Crippen LogP contribution in [0.5, 0.6) is 17.2 Å². The van der Waals surface area contributed by atoms with Crippen molar-refractivity contribution in [2.24, 2.45) is 0 Å². The van der Waals surface area contributed by atoms with E-state index in [1.165, 1.54) is 0 Å². The van der Waals surface area contributed by atoms with E-state index < -0.39 is 0 Å². The Labute approximate surface area is 172 Å². The molecule has 0 spiro atoms. The van der Waals surface area contributed by atoms with Crippen molar-refractivity contribution in [1.82, 2.24) is 0 Å². The summed E-state index contributed by atoms with van der Waals surface area (Å²) in [6, 6.07) is 23.3. The Morgan fingerprint density at radius 2 is 1.50 bits per heavy atom. The molecule has 0 saturated carbocycles. The maximum atomic E-state index is 12.6. The van der Waals surface area contributed by atoms with Gasteiger partial charge in [-0.1, -0.05) is 76.6 Å². The normalized spacial score (nSPS) is 15.5. The summed E-state index contributed by atoms with van der Waals surface area (Å²) in [4.78, 5) is 12.3. The third-order valence-electron chi connectivity index (χ3n) is 4.44. The van der Waals surface area contributed by atoms with Gasteiger partial charge in [-0.2, -0.15) is 0 Å². The van der Waals surface area contributed by atoms with Gasteiger partial charge >= 0.3 is 0 Å². The van der Waals surface area contributed by atoms with E-state index in [0.717, 1.165) is 11.1 Å². The van der Waals surface area contributed by atoms with Crippen molar-refractivity contribution in [3.05, 3.63) is 89.5 Å². The molecule has 0 amide bonds. The third kappa shape index (κ3) is 4.20. The van der Waals surface area contributed by atoms with Crippen LogP contribution in [0.3, 0.4) is 0 Å². The number of ether oxygens (including phenoxy) is 3. The second kappa shape index (κ2) is 8.48. The summed E-state index contributed by atoms with van der Waals surface area (Å²) in [6.45, 7) is 1.06. The largest absolute Gasteiger partial charge is 0.489 e. The Kier molecular flexibility index (Phi) is 5.63. The zero-order valence-electron chi connectivity index (χ0n) is 15.1. The van der Waals surface area contributed by atoms with E-state index in [4.69, 9.17) is 14.2 Å². The Balaban J connectivity index is 1.60. The number of rotatable bonds is 6. The molecule has 0 N–H and O–H groups in total. The average molecular weight is 439 g/mol. The highest BCUT2D eigenvalue weighted by Crippen LogP contribution is 2.40. The highest BCUT2D eigenvalue weighted by molar-refractivity contribution is 9.10. The van der Waals surface area contributed by atoms with Gasteiger partial charge in [0, 0.05) is 6.07 Å². The number of benzene rings is 3. The molecule has 1 heterocycles. The van der Waals surface area contributed by atoms with E-state index in [0.29, 0.717) is 36.0 Å². The summed E-state index contributed by atoms with van der Waals surface area (Å²) in [5, 5.41) is 0. The fourth-order valence-corrected chi connectivity index (χ4v) is 3.36. The number of fused-ring (bicyclic) bond motifs is 1. The summed E-state index contributed by atoms with van der Waals surface area (Å²) in [7, 11) is 0. The molecule has 0 radical (unpaired) electrons. The molecule has 1 unspecified atom stereocenters. The zero-order chi connectivity index (χ0) is 19.3. The van der Waals surface area contributed by atoms with E-state index in [1.807, 2.05) is 60.7 Å². The molecule has 1 aliphatic rings. The van der Waals surface area contributed by atoms with E-state index in [-0.39, 0.29) is 17.2 Å². The second-order valence-corrected chi connectivity index (χ2v) is 7.59. The van der Waals surface area contributed by atoms with E-state index in [1.54, 1.807) is 12.1 Å². The molecular formula is C23H19BrO4. The van der Waals surface area contributed by atoms with Crippen LogP contribution >= 0.6 is 15.9 Å². The Hall–Kier alpha value is -2.79. The van der Waals surface area contributed by atoms with Gasteiger partial charge in [0.1, 0.15) is 30.4 Å². The monoisotopic (exact) mass is 438 g/mol. The molecule has 3 aromatic carbocycles. The first-order valence-corrected chi connectivity index (χ1v) is 9.95. The van der Waals surface area contributed by atoms with Crippen LogP contribution in [0.4, 0.5) is 0 Å². The molecular weight excluding hydrogens is 420 g/mol. The van der Waals surface area contributed by atoms with Gasteiger partial charge in [0.05, 0.1) is 5.56 Å². The Bertz CT molecular complexity index is 957. The van der Waals surface area contributed by atoms with E-state index in [2.05, 4.69) is 15.9 Å². The highest BCUT2D eigenvalue weighted by atomic mass is 79.9. The molecule has 0 saturated heterocycles. The minimum atomic E-state index is -0.369. The number of hydrogen-bond donors (Lipinski definition) is 0. The van der Waals surface area contributed by atoms with Crippen molar-refractivity contribution in [3.63, 3.8) is 0 Å². The number of carbonyl (C=O) groups excluding carboxylic acids is 1. The zero-order valence-corrected chi connectivity index (χ0v) is 16.7. The van der Waals surface area contributed by atoms with Crippen LogP contribution in [0, 0.1) is 0 Å². The molecule has 1 aliphatic heterocycles. The number of ketones is 1. The van der Waals surface area contributed by atoms with Crippen LogP contribution in [-0.4, -0.2) is 17.2 Å². The molecule has 5 heteroatoms. The number of carbonyl (C=O) groups is 1. The fourth-order valence-electron chi connectivity index (χ4n) is 2.98. The van der Waals surface area contributed by atoms with Gasteiger partial charge < -0.3 is 14.2 Å². The van der Waals surface area contributed by atoms with Gasteiger partial charge in [-0.3, -0.25) is 4.79 Å². The maximum Gasteiger partial charge on any atom is 0.183 e. The van der Waals surface area contributed by atoms with Crippen LogP contribution in [0.2, 0.25) is 0 Å². The van der Waals surface area contributed by atoms with Crippen molar-refractivity contribution in [1.29, 1.82) is 0 Å². The molecule has 0 fully saturated rings. The van der Waals surface area contributed by atoms with Gasteiger partial charge in [-0.25, -0.2) is 0 Å².